The molecule has 0 aliphatic heterocycles. The minimum Gasteiger partial charge on any atom is -0.490 e. The topological polar surface area (TPSA) is 62.6 Å². The van der Waals surface area contributed by atoms with Crippen molar-refractivity contribution in [3.8, 4) is 17.6 Å². The summed E-state index contributed by atoms with van der Waals surface area (Å²) < 4.78 is 11.6. The van der Waals surface area contributed by atoms with Gasteiger partial charge in [0.2, 0.25) is 0 Å². The molecule has 0 saturated heterocycles. The number of nitriles is 1. The van der Waals surface area contributed by atoms with Gasteiger partial charge in [0.1, 0.15) is 18.2 Å². The summed E-state index contributed by atoms with van der Waals surface area (Å²) in [5.74, 6) is 0.513. The summed E-state index contributed by atoms with van der Waals surface area (Å²) in [5, 5.41) is 9.63. The average molecular weight is 399 g/mol. The van der Waals surface area contributed by atoms with Crippen LogP contribution in [0.2, 0.25) is 5.02 Å². The van der Waals surface area contributed by atoms with Gasteiger partial charge in [0, 0.05) is 14.1 Å². The van der Waals surface area contributed by atoms with Crippen molar-refractivity contribution in [2.45, 2.75) is 20.5 Å². The lowest BCUT2D eigenvalue weighted by Gasteiger charge is -2.15. The zero-order valence-corrected chi connectivity index (χ0v) is 17.2. The molecule has 0 unspecified atom stereocenters. The fourth-order valence-corrected chi connectivity index (χ4v) is 2.85. The number of nitrogens with zero attached hydrogens (tertiary/aromatic N) is 2. The Labute approximate surface area is 170 Å². The lowest BCUT2D eigenvalue weighted by Crippen LogP contribution is -2.22. The molecular weight excluding hydrogens is 376 g/mol. The van der Waals surface area contributed by atoms with Crippen LogP contribution in [0, 0.1) is 18.3 Å². The van der Waals surface area contributed by atoms with Gasteiger partial charge >= 0.3 is 0 Å². The van der Waals surface area contributed by atoms with Gasteiger partial charge in [-0.3, -0.25) is 4.79 Å². The van der Waals surface area contributed by atoms with Crippen LogP contribution in [0.3, 0.4) is 0 Å². The maximum absolute atomic E-state index is 12.1. The van der Waals surface area contributed by atoms with E-state index in [4.69, 9.17) is 21.1 Å². The van der Waals surface area contributed by atoms with Crippen molar-refractivity contribution in [1.82, 2.24) is 4.90 Å². The smallest absolute Gasteiger partial charge is 0.264 e. The SMILES string of the molecule is CCOc1cc(/C=C(/C#N)C(=O)N(C)C)cc(Cl)c1OCc1cccc(C)c1. The third-order valence-corrected chi connectivity index (χ3v) is 4.15. The lowest BCUT2D eigenvalue weighted by molar-refractivity contribution is -0.124. The second-order valence-corrected chi connectivity index (χ2v) is 6.82. The Balaban J connectivity index is 2.35. The molecule has 0 aromatic heterocycles. The van der Waals surface area contributed by atoms with Gasteiger partial charge in [0.05, 0.1) is 11.6 Å². The van der Waals surface area contributed by atoms with E-state index in [1.54, 1.807) is 26.2 Å². The second kappa shape index (κ2) is 9.82. The number of carbonyl (C=O) groups excluding carboxylic acids is 1. The van der Waals surface area contributed by atoms with Gasteiger partial charge in [-0.25, -0.2) is 0 Å². The van der Waals surface area contributed by atoms with Crippen molar-refractivity contribution in [3.63, 3.8) is 0 Å². The first-order valence-corrected chi connectivity index (χ1v) is 9.21. The van der Waals surface area contributed by atoms with E-state index in [9.17, 15) is 10.1 Å². The molecule has 0 N–H and O–H groups in total. The molecule has 0 saturated carbocycles. The maximum Gasteiger partial charge on any atom is 0.264 e. The average Bonchev–Trinajstić information content (AvgIpc) is 2.65. The Kier molecular flexibility index (Phi) is 7.48. The van der Waals surface area contributed by atoms with Gasteiger partial charge in [-0.1, -0.05) is 41.4 Å². The number of carbonyl (C=O) groups is 1. The highest BCUT2D eigenvalue weighted by atomic mass is 35.5. The van der Waals surface area contributed by atoms with Crippen molar-refractivity contribution in [2.24, 2.45) is 0 Å². The minimum absolute atomic E-state index is 0.0111. The molecule has 6 heteroatoms. The molecule has 2 aromatic carbocycles. The van der Waals surface area contributed by atoms with Crippen LogP contribution in [0.4, 0.5) is 0 Å². The van der Waals surface area contributed by atoms with Gasteiger partial charge in [-0.15, -0.1) is 0 Å². The van der Waals surface area contributed by atoms with Crippen molar-refractivity contribution in [1.29, 1.82) is 5.26 Å². The fourth-order valence-electron chi connectivity index (χ4n) is 2.58. The predicted molar refractivity (Wildman–Crippen MR) is 110 cm³/mol. The molecule has 0 atom stereocenters. The molecule has 0 fully saturated rings. The molecule has 5 nitrogen and oxygen atoms in total. The van der Waals surface area contributed by atoms with Gasteiger partial charge in [0.25, 0.3) is 5.91 Å². The zero-order valence-electron chi connectivity index (χ0n) is 16.5. The van der Waals surface area contributed by atoms with E-state index in [1.165, 1.54) is 11.0 Å². The molecule has 0 aliphatic carbocycles. The molecule has 1 amide bonds. The van der Waals surface area contributed by atoms with Gasteiger partial charge in [0.15, 0.2) is 11.5 Å². The van der Waals surface area contributed by atoms with E-state index in [1.807, 2.05) is 44.2 Å². The van der Waals surface area contributed by atoms with Crippen LogP contribution in [0.25, 0.3) is 6.08 Å². The van der Waals surface area contributed by atoms with Crippen molar-refractivity contribution < 1.29 is 14.3 Å². The Bertz CT molecular complexity index is 930. The predicted octanol–water partition coefficient (Wildman–Crippen LogP) is 4.62. The first kappa shape index (κ1) is 21.3. The highest BCUT2D eigenvalue weighted by molar-refractivity contribution is 6.32. The lowest BCUT2D eigenvalue weighted by atomic mass is 10.1. The van der Waals surface area contributed by atoms with Crippen molar-refractivity contribution in [2.75, 3.05) is 20.7 Å². The van der Waals surface area contributed by atoms with Crippen LogP contribution in [-0.4, -0.2) is 31.5 Å². The van der Waals surface area contributed by atoms with E-state index in [0.29, 0.717) is 35.3 Å². The molecule has 2 aromatic rings. The monoisotopic (exact) mass is 398 g/mol. The summed E-state index contributed by atoms with van der Waals surface area (Å²) in [6, 6.07) is 13.3. The molecule has 0 aliphatic rings. The van der Waals surface area contributed by atoms with E-state index < -0.39 is 0 Å². The van der Waals surface area contributed by atoms with Crippen LogP contribution in [-0.2, 0) is 11.4 Å². The van der Waals surface area contributed by atoms with Gasteiger partial charge < -0.3 is 14.4 Å². The Morgan fingerprint density at radius 1 is 1.25 bits per heavy atom. The van der Waals surface area contributed by atoms with Crippen LogP contribution in [0.1, 0.15) is 23.6 Å². The molecular formula is C22H23ClN2O3. The number of amides is 1. The van der Waals surface area contributed by atoms with Crippen LogP contribution in [0.15, 0.2) is 42.0 Å². The van der Waals surface area contributed by atoms with Crippen molar-refractivity contribution >= 4 is 23.6 Å². The Hall–Kier alpha value is -2.97. The summed E-state index contributed by atoms with van der Waals surface area (Å²) in [5.41, 5.74) is 2.76. The molecule has 146 valence electrons. The van der Waals surface area contributed by atoms with E-state index in [2.05, 4.69) is 0 Å². The quantitative estimate of drug-likeness (QED) is 0.504. The largest absolute Gasteiger partial charge is 0.490 e. The Morgan fingerprint density at radius 2 is 2.00 bits per heavy atom. The number of hydrogen-bond acceptors (Lipinski definition) is 4. The standard InChI is InChI=1S/C22H23ClN2O3/c1-5-27-20-12-17(10-18(13-24)22(26)25(3)4)11-19(23)21(20)28-14-16-8-6-7-15(2)9-16/h6-12H,5,14H2,1-4H3/b18-10-. The van der Waals surface area contributed by atoms with Crippen LogP contribution >= 0.6 is 11.6 Å². The molecule has 0 radical (unpaired) electrons. The molecule has 2 rings (SSSR count). The van der Waals surface area contributed by atoms with E-state index >= 15 is 0 Å². The number of ether oxygens (including phenoxy) is 2. The minimum atomic E-state index is -0.378. The van der Waals surface area contributed by atoms with Crippen molar-refractivity contribution in [3.05, 3.63) is 63.7 Å². The highest BCUT2D eigenvalue weighted by Crippen LogP contribution is 2.38. The molecule has 0 spiro atoms. The molecule has 0 heterocycles. The molecule has 28 heavy (non-hydrogen) atoms. The summed E-state index contributed by atoms with van der Waals surface area (Å²) in [6.07, 6.45) is 1.49. The van der Waals surface area contributed by atoms with Gasteiger partial charge in [-0.05, 0) is 43.2 Å². The summed E-state index contributed by atoms with van der Waals surface area (Å²) >= 11 is 6.42. The third-order valence-electron chi connectivity index (χ3n) is 3.87. The first-order valence-electron chi connectivity index (χ1n) is 8.83. The number of halogens is 1. The Morgan fingerprint density at radius 3 is 2.61 bits per heavy atom. The summed E-state index contributed by atoms with van der Waals surface area (Å²) in [7, 11) is 3.18. The number of hydrogen-bond donors (Lipinski definition) is 0. The number of rotatable bonds is 7. The van der Waals surface area contributed by atoms with Gasteiger partial charge in [-0.2, -0.15) is 5.26 Å². The number of likely N-dealkylation sites (N-methyl/N-ethyl adjacent to an activating group) is 1. The van der Waals surface area contributed by atoms with Crippen LogP contribution < -0.4 is 9.47 Å². The summed E-state index contributed by atoms with van der Waals surface area (Å²) in [6.45, 7) is 4.65. The summed E-state index contributed by atoms with van der Waals surface area (Å²) in [4.78, 5) is 13.4. The number of benzene rings is 2. The normalized spacial score (nSPS) is 10.9. The van der Waals surface area contributed by atoms with Crippen LogP contribution in [0.5, 0.6) is 11.5 Å². The fraction of sp³-hybridized carbons (Fsp3) is 0.273. The number of aryl methyl sites for hydroxylation is 1. The first-order chi connectivity index (χ1) is 13.3. The third kappa shape index (κ3) is 5.51. The maximum atomic E-state index is 12.1. The highest BCUT2D eigenvalue weighted by Gasteiger charge is 2.15. The second-order valence-electron chi connectivity index (χ2n) is 6.41. The zero-order chi connectivity index (χ0) is 20.7. The van der Waals surface area contributed by atoms with E-state index in [0.717, 1.165) is 11.1 Å². The molecule has 0 bridgehead atoms. The van der Waals surface area contributed by atoms with E-state index in [-0.39, 0.29) is 11.5 Å².